The molecule has 0 aromatic heterocycles. The van der Waals surface area contributed by atoms with Gasteiger partial charge in [-0.3, -0.25) is 0 Å². The average molecular weight is 566 g/mol. The number of likely N-dealkylation sites (N-methyl/N-ethyl adjacent to an activating group) is 1. The molecule has 1 heterocycles. The highest BCUT2D eigenvalue weighted by molar-refractivity contribution is 5.66. The van der Waals surface area contributed by atoms with E-state index in [2.05, 4.69) is 73.0 Å². The van der Waals surface area contributed by atoms with Gasteiger partial charge < -0.3 is 34.5 Å². The summed E-state index contributed by atoms with van der Waals surface area (Å²) in [6.07, 6.45) is 12.9. The number of dihydropyridines is 1. The van der Waals surface area contributed by atoms with Crippen LogP contribution >= 0.6 is 0 Å². The molecule has 3 rings (SSSR count). The Hall–Kier alpha value is -3.42. The van der Waals surface area contributed by atoms with Crippen molar-refractivity contribution in [3.63, 3.8) is 0 Å². The SMILES string of the molecule is CC.CCCc1cc(C2C=C(CN(C)CCNC/C=C/c3ccc(OC)c(OC)c3OC)C=CN2)cc(OC)c1C. The topological polar surface area (TPSA) is 64.2 Å². The van der Waals surface area contributed by atoms with Gasteiger partial charge in [-0.25, -0.2) is 0 Å². The van der Waals surface area contributed by atoms with Gasteiger partial charge in [-0.05, 0) is 73.1 Å². The molecule has 0 saturated heterocycles. The molecule has 0 fully saturated rings. The van der Waals surface area contributed by atoms with E-state index in [4.69, 9.17) is 18.9 Å². The first kappa shape index (κ1) is 33.8. The van der Waals surface area contributed by atoms with Crippen molar-refractivity contribution >= 4 is 6.08 Å². The first-order chi connectivity index (χ1) is 19.9. The van der Waals surface area contributed by atoms with Crippen LogP contribution in [0, 0.1) is 6.92 Å². The third-order valence-electron chi connectivity index (χ3n) is 6.96. The summed E-state index contributed by atoms with van der Waals surface area (Å²) in [6, 6.07) is 8.48. The van der Waals surface area contributed by atoms with Crippen molar-refractivity contribution in [2.75, 3.05) is 61.7 Å². The number of hydrogen-bond donors (Lipinski definition) is 2. The van der Waals surface area contributed by atoms with Crippen LogP contribution in [-0.2, 0) is 6.42 Å². The van der Waals surface area contributed by atoms with E-state index < -0.39 is 0 Å². The van der Waals surface area contributed by atoms with Crippen LogP contribution in [0.15, 0.2) is 54.3 Å². The summed E-state index contributed by atoms with van der Waals surface area (Å²) in [5, 5.41) is 7.00. The minimum Gasteiger partial charge on any atom is -0.496 e. The molecule has 0 bridgehead atoms. The fourth-order valence-corrected chi connectivity index (χ4v) is 4.85. The fourth-order valence-electron chi connectivity index (χ4n) is 4.85. The second-order valence-corrected chi connectivity index (χ2v) is 9.74. The van der Waals surface area contributed by atoms with Crippen molar-refractivity contribution in [1.82, 2.24) is 15.5 Å². The van der Waals surface area contributed by atoms with E-state index in [-0.39, 0.29) is 6.04 Å². The van der Waals surface area contributed by atoms with Crippen LogP contribution in [0.5, 0.6) is 23.0 Å². The van der Waals surface area contributed by atoms with Crippen LogP contribution in [0.2, 0.25) is 0 Å². The van der Waals surface area contributed by atoms with Crippen LogP contribution in [-0.4, -0.2) is 66.6 Å². The summed E-state index contributed by atoms with van der Waals surface area (Å²) in [6.45, 7) is 11.8. The lowest BCUT2D eigenvalue weighted by Crippen LogP contribution is -2.31. The smallest absolute Gasteiger partial charge is 0.203 e. The Morgan fingerprint density at radius 1 is 0.976 bits per heavy atom. The Labute approximate surface area is 248 Å². The second-order valence-electron chi connectivity index (χ2n) is 9.74. The molecule has 0 saturated carbocycles. The molecular formula is C34H51N3O4. The summed E-state index contributed by atoms with van der Waals surface area (Å²) < 4.78 is 22.1. The number of benzene rings is 2. The Morgan fingerprint density at radius 3 is 2.37 bits per heavy atom. The van der Waals surface area contributed by atoms with Crippen LogP contribution in [0.1, 0.15) is 55.5 Å². The van der Waals surface area contributed by atoms with Crippen LogP contribution in [0.4, 0.5) is 0 Å². The average Bonchev–Trinajstić information content (AvgIpc) is 3.00. The van der Waals surface area contributed by atoms with Gasteiger partial charge in [0.1, 0.15) is 5.75 Å². The maximum atomic E-state index is 5.68. The van der Waals surface area contributed by atoms with E-state index >= 15 is 0 Å². The van der Waals surface area contributed by atoms with Gasteiger partial charge in [0.15, 0.2) is 11.5 Å². The van der Waals surface area contributed by atoms with Crippen molar-refractivity contribution in [3.05, 3.63) is 76.5 Å². The van der Waals surface area contributed by atoms with E-state index in [1.165, 1.54) is 22.3 Å². The molecule has 1 aliphatic heterocycles. The number of nitrogens with one attached hydrogen (secondary N) is 2. The molecular weight excluding hydrogens is 514 g/mol. The van der Waals surface area contributed by atoms with Gasteiger partial charge in [-0.1, -0.05) is 51.5 Å². The summed E-state index contributed by atoms with van der Waals surface area (Å²) in [5.41, 5.74) is 6.09. The van der Waals surface area contributed by atoms with Crippen LogP contribution in [0.25, 0.3) is 6.08 Å². The zero-order valence-corrected chi connectivity index (χ0v) is 26.6. The third kappa shape index (κ3) is 9.58. The summed E-state index contributed by atoms with van der Waals surface area (Å²) in [5.74, 6) is 2.88. The Balaban J connectivity index is 0.00000287. The molecule has 41 heavy (non-hydrogen) atoms. The minimum absolute atomic E-state index is 0.139. The van der Waals surface area contributed by atoms with Crippen molar-refractivity contribution in [3.8, 4) is 23.0 Å². The standard InChI is InChI=1S/C32H45N3O4.C2H6/c1-8-10-26-20-27(21-30(37-5)23(26)2)28-19-24(14-16-34-28)22-35(3)18-17-33-15-9-11-25-12-13-29(36-4)32(39-7)31(25)38-6;1-2/h9,11-14,16,19-21,28,33-34H,8,10,15,17-18,22H2,1-7H3;1-2H3/b11-9+;. The Kier molecular flexibility index (Phi) is 14.9. The minimum atomic E-state index is 0.139. The largest absolute Gasteiger partial charge is 0.496 e. The quantitative estimate of drug-likeness (QED) is 0.245. The molecule has 2 aromatic carbocycles. The molecule has 0 amide bonds. The van der Waals surface area contributed by atoms with Gasteiger partial charge in [0, 0.05) is 31.7 Å². The second kappa shape index (κ2) is 18.1. The van der Waals surface area contributed by atoms with Gasteiger partial charge in [0.05, 0.1) is 34.5 Å². The molecule has 1 aliphatic rings. The molecule has 2 N–H and O–H groups in total. The number of ether oxygens (including phenoxy) is 4. The molecule has 226 valence electrons. The monoisotopic (exact) mass is 565 g/mol. The highest BCUT2D eigenvalue weighted by Crippen LogP contribution is 2.40. The van der Waals surface area contributed by atoms with Crippen molar-refractivity contribution in [2.45, 2.75) is 46.6 Å². The van der Waals surface area contributed by atoms with E-state index in [9.17, 15) is 0 Å². The Morgan fingerprint density at radius 2 is 1.71 bits per heavy atom. The maximum Gasteiger partial charge on any atom is 0.203 e. The van der Waals surface area contributed by atoms with Crippen molar-refractivity contribution in [1.29, 1.82) is 0 Å². The predicted molar refractivity (Wildman–Crippen MR) is 172 cm³/mol. The molecule has 1 unspecified atom stereocenters. The Bertz CT molecular complexity index is 1170. The molecule has 2 aromatic rings. The molecule has 1 atom stereocenters. The van der Waals surface area contributed by atoms with Gasteiger partial charge in [0.25, 0.3) is 0 Å². The first-order valence-electron chi connectivity index (χ1n) is 14.6. The highest BCUT2D eigenvalue weighted by Gasteiger charge is 2.17. The van der Waals surface area contributed by atoms with Gasteiger partial charge in [0.2, 0.25) is 5.75 Å². The van der Waals surface area contributed by atoms with E-state index in [0.717, 1.165) is 50.3 Å². The van der Waals surface area contributed by atoms with Crippen molar-refractivity contribution < 1.29 is 18.9 Å². The first-order valence-corrected chi connectivity index (χ1v) is 14.6. The number of aryl methyl sites for hydroxylation is 1. The number of hydrogen-bond acceptors (Lipinski definition) is 7. The zero-order chi connectivity index (χ0) is 30.2. The van der Waals surface area contributed by atoms with E-state index in [1.807, 2.05) is 32.1 Å². The van der Waals surface area contributed by atoms with Gasteiger partial charge in [-0.2, -0.15) is 0 Å². The number of methoxy groups -OCH3 is 4. The third-order valence-corrected chi connectivity index (χ3v) is 6.96. The molecule has 0 spiro atoms. The lowest BCUT2D eigenvalue weighted by atomic mass is 9.94. The van der Waals surface area contributed by atoms with Crippen molar-refractivity contribution in [2.24, 2.45) is 0 Å². The molecule has 0 aliphatic carbocycles. The summed E-state index contributed by atoms with van der Waals surface area (Å²) in [7, 11) is 8.79. The molecule has 7 nitrogen and oxygen atoms in total. The van der Waals surface area contributed by atoms with E-state index in [1.54, 1.807) is 28.4 Å². The highest BCUT2D eigenvalue weighted by atomic mass is 16.5. The maximum absolute atomic E-state index is 5.68. The number of nitrogens with zero attached hydrogens (tertiary/aromatic N) is 1. The lowest BCUT2D eigenvalue weighted by molar-refractivity contribution is 0.324. The normalized spacial score (nSPS) is 14.3. The number of rotatable bonds is 15. The van der Waals surface area contributed by atoms with Crippen LogP contribution < -0.4 is 29.6 Å². The fraction of sp³-hybridized carbons (Fsp3) is 0.471. The van der Waals surface area contributed by atoms with Gasteiger partial charge in [-0.15, -0.1) is 0 Å². The van der Waals surface area contributed by atoms with Crippen LogP contribution in [0.3, 0.4) is 0 Å². The summed E-state index contributed by atoms with van der Waals surface area (Å²) >= 11 is 0. The zero-order valence-electron chi connectivity index (χ0n) is 26.6. The summed E-state index contributed by atoms with van der Waals surface area (Å²) in [4.78, 5) is 2.34. The van der Waals surface area contributed by atoms with E-state index in [0.29, 0.717) is 17.2 Å². The predicted octanol–water partition coefficient (Wildman–Crippen LogP) is 6.33. The van der Waals surface area contributed by atoms with Gasteiger partial charge >= 0.3 is 0 Å². The molecule has 7 heteroatoms. The molecule has 0 radical (unpaired) electrons. The lowest BCUT2D eigenvalue weighted by Gasteiger charge is -2.24.